The highest BCUT2D eigenvalue weighted by atomic mass is 35.5. The van der Waals surface area contributed by atoms with Crippen molar-refractivity contribution in [2.45, 2.75) is 0 Å². The van der Waals surface area contributed by atoms with Crippen LogP contribution in [0.25, 0.3) is 32.6 Å². The van der Waals surface area contributed by atoms with Gasteiger partial charge in [0, 0.05) is 59.5 Å². The van der Waals surface area contributed by atoms with Crippen LogP contribution < -0.4 is 10.6 Å². The molecule has 2 aromatic heterocycles. The Morgan fingerprint density at radius 2 is 1.80 bits per heavy atom. The van der Waals surface area contributed by atoms with Gasteiger partial charge in [-0.15, -0.1) is 11.6 Å². The summed E-state index contributed by atoms with van der Waals surface area (Å²) in [5, 5.41) is 11.4. The molecule has 0 saturated carbocycles. The van der Waals surface area contributed by atoms with Crippen molar-refractivity contribution < 1.29 is 0 Å². The Labute approximate surface area is 151 Å². The van der Waals surface area contributed by atoms with Gasteiger partial charge in [0.05, 0.1) is 16.7 Å². The van der Waals surface area contributed by atoms with Gasteiger partial charge in [-0.3, -0.25) is 4.98 Å². The second-order valence-corrected chi connectivity index (χ2v) is 6.31. The summed E-state index contributed by atoms with van der Waals surface area (Å²) in [7, 11) is 0. The lowest BCUT2D eigenvalue weighted by atomic mass is 10.0. The first-order valence-electron chi connectivity index (χ1n) is 8.44. The Bertz CT molecular complexity index is 1030. The predicted molar refractivity (Wildman–Crippen MR) is 107 cm³/mol. The van der Waals surface area contributed by atoms with Gasteiger partial charge >= 0.3 is 0 Å². The van der Waals surface area contributed by atoms with E-state index in [1.165, 1.54) is 0 Å². The van der Waals surface area contributed by atoms with Gasteiger partial charge in [0.25, 0.3) is 0 Å². The molecule has 0 aliphatic heterocycles. The summed E-state index contributed by atoms with van der Waals surface area (Å²) >= 11 is 5.71. The van der Waals surface area contributed by atoms with Crippen molar-refractivity contribution in [2.75, 3.05) is 30.8 Å². The third kappa shape index (κ3) is 3.11. The maximum absolute atomic E-state index is 5.71. The molecule has 4 rings (SSSR count). The van der Waals surface area contributed by atoms with Crippen LogP contribution in [0, 0.1) is 0 Å². The number of halogens is 1. The van der Waals surface area contributed by atoms with E-state index in [4.69, 9.17) is 16.6 Å². The first-order chi connectivity index (χ1) is 12.4. The molecule has 2 heterocycles. The summed E-state index contributed by atoms with van der Waals surface area (Å²) in [6.07, 6.45) is 3.71. The van der Waals surface area contributed by atoms with Crippen molar-refractivity contribution in [2.24, 2.45) is 0 Å². The minimum atomic E-state index is 0.626. The lowest BCUT2D eigenvalue weighted by Gasteiger charge is -2.14. The smallest absolute Gasteiger partial charge is 0.0809 e. The SMILES string of the molecule is ClCCNCCNc1c2ccccc2nc2c1ccc1cnccc12. The number of hydrogen-bond donors (Lipinski definition) is 2. The number of para-hydroxylation sites is 1. The van der Waals surface area contributed by atoms with Gasteiger partial charge in [-0.05, 0) is 12.1 Å². The van der Waals surface area contributed by atoms with Crippen LogP contribution in [0.1, 0.15) is 0 Å². The fourth-order valence-electron chi connectivity index (χ4n) is 3.18. The van der Waals surface area contributed by atoms with Crippen LogP contribution in [0.15, 0.2) is 54.9 Å². The standard InChI is InChI=1S/C20H19ClN4/c21-8-10-22-11-12-24-19-16-3-1-2-4-18(16)25-20-15-7-9-23-13-14(15)5-6-17(19)20/h1-7,9,13,22H,8,10-12H2,(H,24,25). The number of anilines is 1. The maximum Gasteiger partial charge on any atom is 0.0809 e. The van der Waals surface area contributed by atoms with E-state index in [9.17, 15) is 0 Å². The van der Waals surface area contributed by atoms with Gasteiger partial charge < -0.3 is 10.6 Å². The molecule has 25 heavy (non-hydrogen) atoms. The zero-order chi connectivity index (χ0) is 17.1. The summed E-state index contributed by atoms with van der Waals surface area (Å²) in [5.41, 5.74) is 3.14. The fourth-order valence-corrected chi connectivity index (χ4v) is 3.31. The molecule has 0 fully saturated rings. The first kappa shape index (κ1) is 16.1. The molecule has 0 saturated heterocycles. The number of rotatable bonds is 6. The summed E-state index contributed by atoms with van der Waals surface area (Å²) in [5.74, 6) is 0.626. The molecule has 0 aliphatic carbocycles. The fraction of sp³-hybridized carbons (Fsp3) is 0.200. The van der Waals surface area contributed by atoms with E-state index in [0.717, 1.165) is 57.9 Å². The topological polar surface area (TPSA) is 49.8 Å². The largest absolute Gasteiger partial charge is 0.383 e. The highest BCUT2D eigenvalue weighted by molar-refractivity contribution is 6.18. The summed E-state index contributed by atoms with van der Waals surface area (Å²) in [4.78, 5) is 9.14. The molecule has 2 aromatic carbocycles. The number of fused-ring (bicyclic) bond motifs is 4. The quantitative estimate of drug-likeness (QED) is 0.237. The number of nitrogens with one attached hydrogen (secondary N) is 2. The van der Waals surface area contributed by atoms with E-state index in [1.807, 2.05) is 24.5 Å². The summed E-state index contributed by atoms with van der Waals surface area (Å²) in [6.45, 7) is 2.51. The third-order valence-corrected chi connectivity index (χ3v) is 4.53. The summed E-state index contributed by atoms with van der Waals surface area (Å²) < 4.78 is 0. The number of pyridine rings is 2. The summed E-state index contributed by atoms with van der Waals surface area (Å²) in [6, 6.07) is 14.5. The second kappa shape index (κ2) is 7.21. The Kier molecular flexibility index (Phi) is 4.63. The predicted octanol–water partition coefficient (Wildman–Crippen LogP) is 4.18. The normalized spacial score (nSPS) is 11.4. The molecular weight excluding hydrogens is 332 g/mol. The molecule has 0 radical (unpaired) electrons. The van der Waals surface area contributed by atoms with Crippen molar-refractivity contribution in [3.63, 3.8) is 0 Å². The van der Waals surface area contributed by atoms with Gasteiger partial charge in [-0.2, -0.15) is 0 Å². The van der Waals surface area contributed by atoms with Crippen LogP contribution in [0.3, 0.4) is 0 Å². The van der Waals surface area contributed by atoms with Crippen LogP contribution in [0.5, 0.6) is 0 Å². The van der Waals surface area contributed by atoms with Crippen molar-refractivity contribution in [3.8, 4) is 0 Å². The Hall–Kier alpha value is -2.43. The molecule has 5 heteroatoms. The molecule has 126 valence electrons. The molecule has 2 N–H and O–H groups in total. The number of hydrogen-bond acceptors (Lipinski definition) is 4. The average Bonchev–Trinajstić information content (AvgIpc) is 2.67. The minimum absolute atomic E-state index is 0.626. The minimum Gasteiger partial charge on any atom is -0.383 e. The Morgan fingerprint density at radius 1 is 0.880 bits per heavy atom. The van der Waals surface area contributed by atoms with E-state index in [2.05, 4.69) is 45.9 Å². The van der Waals surface area contributed by atoms with Crippen molar-refractivity contribution in [3.05, 3.63) is 54.9 Å². The zero-order valence-corrected chi connectivity index (χ0v) is 14.6. The molecule has 0 aliphatic rings. The van der Waals surface area contributed by atoms with Crippen LogP contribution in [0.2, 0.25) is 0 Å². The highest BCUT2D eigenvalue weighted by Gasteiger charge is 2.11. The Balaban J connectivity index is 1.85. The van der Waals surface area contributed by atoms with Crippen molar-refractivity contribution in [1.82, 2.24) is 15.3 Å². The third-order valence-electron chi connectivity index (χ3n) is 4.34. The van der Waals surface area contributed by atoms with Gasteiger partial charge in [-0.25, -0.2) is 4.98 Å². The van der Waals surface area contributed by atoms with Crippen molar-refractivity contribution in [1.29, 1.82) is 0 Å². The number of nitrogens with zero attached hydrogens (tertiary/aromatic N) is 2. The lowest BCUT2D eigenvalue weighted by molar-refractivity contribution is 0.743. The van der Waals surface area contributed by atoms with Gasteiger partial charge in [0.1, 0.15) is 0 Å². The lowest BCUT2D eigenvalue weighted by Crippen LogP contribution is -2.24. The zero-order valence-electron chi connectivity index (χ0n) is 13.8. The number of aromatic nitrogens is 2. The molecule has 0 bridgehead atoms. The van der Waals surface area contributed by atoms with Gasteiger partial charge in [0.2, 0.25) is 0 Å². The number of alkyl halides is 1. The molecule has 4 aromatic rings. The van der Waals surface area contributed by atoms with Gasteiger partial charge in [-0.1, -0.05) is 30.3 Å². The molecule has 0 unspecified atom stereocenters. The molecular formula is C20H19ClN4. The molecule has 0 spiro atoms. The van der Waals surface area contributed by atoms with Crippen LogP contribution >= 0.6 is 11.6 Å². The van der Waals surface area contributed by atoms with Crippen molar-refractivity contribution >= 4 is 49.9 Å². The monoisotopic (exact) mass is 350 g/mol. The van der Waals surface area contributed by atoms with E-state index >= 15 is 0 Å². The van der Waals surface area contributed by atoms with Crippen LogP contribution in [-0.2, 0) is 0 Å². The number of benzene rings is 2. The van der Waals surface area contributed by atoms with E-state index in [0.29, 0.717) is 5.88 Å². The first-order valence-corrected chi connectivity index (χ1v) is 8.97. The average molecular weight is 351 g/mol. The van der Waals surface area contributed by atoms with Crippen LogP contribution in [0.4, 0.5) is 5.69 Å². The van der Waals surface area contributed by atoms with Gasteiger partial charge in [0.15, 0.2) is 0 Å². The molecule has 0 atom stereocenters. The maximum atomic E-state index is 5.71. The highest BCUT2D eigenvalue weighted by Crippen LogP contribution is 2.34. The van der Waals surface area contributed by atoms with E-state index in [1.54, 1.807) is 0 Å². The van der Waals surface area contributed by atoms with E-state index in [-0.39, 0.29) is 0 Å². The molecule has 4 nitrogen and oxygen atoms in total. The molecule has 0 amide bonds. The Morgan fingerprint density at radius 3 is 2.72 bits per heavy atom. The second-order valence-electron chi connectivity index (χ2n) is 5.93. The van der Waals surface area contributed by atoms with Crippen LogP contribution in [-0.4, -0.2) is 35.5 Å². The van der Waals surface area contributed by atoms with E-state index < -0.39 is 0 Å².